The van der Waals surface area contributed by atoms with Crippen molar-refractivity contribution < 1.29 is 22.9 Å². The first kappa shape index (κ1) is 21.7. The van der Waals surface area contributed by atoms with Gasteiger partial charge in [0, 0.05) is 45.0 Å². The molecule has 0 saturated carbocycles. The van der Waals surface area contributed by atoms with E-state index in [-0.39, 0.29) is 21.8 Å². The Morgan fingerprint density at radius 2 is 1.87 bits per heavy atom. The average Bonchev–Trinajstić information content (AvgIpc) is 2.74. The van der Waals surface area contributed by atoms with Crippen LogP contribution in [0.3, 0.4) is 0 Å². The molecule has 0 aliphatic carbocycles. The van der Waals surface area contributed by atoms with Crippen molar-refractivity contribution in [2.75, 3.05) is 50.6 Å². The molecule has 10 nitrogen and oxygen atoms in total. The maximum Gasteiger partial charge on any atom is 0.270 e. The van der Waals surface area contributed by atoms with Gasteiger partial charge in [0.2, 0.25) is 10.0 Å². The summed E-state index contributed by atoms with van der Waals surface area (Å²) in [7, 11) is -0.843. The minimum atomic E-state index is -3.67. The van der Waals surface area contributed by atoms with Crippen molar-refractivity contribution in [3.8, 4) is 0 Å². The van der Waals surface area contributed by atoms with Gasteiger partial charge in [-0.15, -0.1) is 0 Å². The number of carbonyl (C=O) groups is 1. The monoisotopic (exact) mass is 434 g/mol. The minimum Gasteiger partial charge on any atom is -0.378 e. The number of hydrogen-bond acceptors (Lipinski definition) is 7. The molecule has 2 aromatic carbocycles. The van der Waals surface area contributed by atoms with E-state index in [9.17, 15) is 23.3 Å². The molecule has 1 fully saturated rings. The van der Waals surface area contributed by atoms with Crippen LogP contribution < -0.4 is 10.2 Å². The maximum absolute atomic E-state index is 13.0. The number of ether oxygens (including phenoxy) is 1. The SMILES string of the molecule is CN(C)S(=O)(=O)c1cccc(NC(=O)c2cc([N+](=O)[O-])ccc2N2CCOCC2)c1. The third-order valence-corrected chi connectivity index (χ3v) is 6.47. The lowest BCUT2D eigenvalue weighted by molar-refractivity contribution is -0.384. The molecule has 0 radical (unpaired) electrons. The fraction of sp³-hybridized carbons (Fsp3) is 0.316. The van der Waals surface area contributed by atoms with Gasteiger partial charge >= 0.3 is 0 Å². The normalized spacial score (nSPS) is 14.6. The number of nitro groups is 1. The van der Waals surface area contributed by atoms with Gasteiger partial charge < -0.3 is 15.0 Å². The predicted octanol–water partition coefficient (Wildman–Crippen LogP) is 1.93. The van der Waals surface area contributed by atoms with Crippen LogP contribution in [-0.2, 0) is 14.8 Å². The molecular weight excluding hydrogens is 412 g/mol. The highest BCUT2D eigenvalue weighted by atomic mass is 32.2. The molecule has 30 heavy (non-hydrogen) atoms. The number of morpholine rings is 1. The zero-order valence-corrected chi connectivity index (χ0v) is 17.4. The van der Waals surface area contributed by atoms with Gasteiger partial charge in [-0.1, -0.05) is 6.07 Å². The standard InChI is InChI=1S/C19H22N4O6S/c1-21(2)30(27,28)16-5-3-4-14(12-16)20-19(24)17-13-15(23(25)26)6-7-18(17)22-8-10-29-11-9-22/h3-7,12-13H,8-11H2,1-2H3,(H,20,24). The molecule has 1 amide bonds. The van der Waals surface area contributed by atoms with Crippen LogP contribution in [0.5, 0.6) is 0 Å². The van der Waals surface area contributed by atoms with Crippen LogP contribution in [0.4, 0.5) is 17.1 Å². The molecule has 3 rings (SSSR count). The third kappa shape index (κ3) is 4.58. The smallest absolute Gasteiger partial charge is 0.270 e. The maximum atomic E-state index is 13.0. The number of nitrogens with zero attached hydrogens (tertiary/aromatic N) is 3. The van der Waals surface area contributed by atoms with E-state index in [4.69, 9.17) is 4.74 Å². The molecule has 1 heterocycles. The van der Waals surface area contributed by atoms with Gasteiger partial charge in [0.1, 0.15) is 0 Å². The second-order valence-corrected chi connectivity index (χ2v) is 8.98. The highest BCUT2D eigenvalue weighted by Gasteiger charge is 2.23. The quantitative estimate of drug-likeness (QED) is 0.544. The summed E-state index contributed by atoms with van der Waals surface area (Å²) < 4.78 is 31.1. The van der Waals surface area contributed by atoms with Gasteiger partial charge in [-0.25, -0.2) is 12.7 Å². The van der Waals surface area contributed by atoms with E-state index < -0.39 is 20.9 Å². The number of hydrogen-bond donors (Lipinski definition) is 1. The fourth-order valence-corrected chi connectivity index (χ4v) is 3.99. The number of carbonyl (C=O) groups excluding carboxylic acids is 1. The molecular formula is C19H22N4O6S. The van der Waals surface area contributed by atoms with E-state index in [1.165, 1.54) is 44.4 Å². The molecule has 0 unspecified atom stereocenters. The summed E-state index contributed by atoms with van der Waals surface area (Å²) in [5.41, 5.74) is 0.744. The Labute approximate surface area is 174 Å². The van der Waals surface area contributed by atoms with Crippen LogP contribution in [-0.4, -0.2) is 64.0 Å². The molecule has 0 atom stereocenters. The Balaban J connectivity index is 1.94. The average molecular weight is 434 g/mol. The zero-order valence-electron chi connectivity index (χ0n) is 16.6. The summed E-state index contributed by atoms with van der Waals surface area (Å²) in [5.74, 6) is -0.570. The van der Waals surface area contributed by atoms with Crippen LogP contribution >= 0.6 is 0 Å². The van der Waals surface area contributed by atoms with Crippen molar-refractivity contribution in [3.63, 3.8) is 0 Å². The van der Waals surface area contributed by atoms with Crippen molar-refractivity contribution in [3.05, 3.63) is 58.1 Å². The first-order valence-corrected chi connectivity index (χ1v) is 10.6. The van der Waals surface area contributed by atoms with E-state index in [1.54, 1.807) is 12.1 Å². The number of nitro benzene ring substituents is 1. The van der Waals surface area contributed by atoms with Gasteiger partial charge in [-0.2, -0.15) is 0 Å². The lowest BCUT2D eigenvalue weighted by atomic mass is 10.1. The van der Waals surface area contributed by atoms with Gasteiger partial charge in [0.05, 0.1) is 34.3 Å². The largest absolute Gasteiger partial charge is 0.378 e. The topological polar surface area (TPSA) is 122 Å². The van der Waals surface area contributed by atoms with Gasteiger partial charge in [-0.05, 0) is 24.3 Å². The molecule has 1 aliphatic rings. The third-order valence-electron chi connectivity index (χ3n) is 4.66. The lowest BCUT2D eigenvalue weighted by Gasteiger charge is -2.30. The number of amides is 1. The minimum absolute atomic E-state index is 0.0257. The number of non-ortho nitro benzene ring substituents is 1. The summed E-state index contributed by atoms with van der Waals surface area (Å²) in [4.78, 5) is 25.6. The summed E-state index contributed by atoms with van der Waals surface area (Å²) in [6, 6.07) is 9.97. The number of nitrogens with one attached hydrogen (secondary N) is 1. The van der Waals surface area contributed by atoms with Gasteiger partial charge in [0.25, 0.3) is 11.6 Å². The molecule has 0 bridgehead atoms. The summed E-state index contributed by atoms with van der Waals surface area (Å²) in [5, 5.41) is 13.9. The molecule has 1 aliphatic heterocycles. The molecule has 1 N–H and O–H groups in total. The van der Waals surface area contributed by atoms with Crippen LogP contribution in [0.1, 0.15) is 10.4 Å². The zero-order chi connectivity index (χ0) is 21.9. The fourth-order valence-electron chi connectivity index (χ4n) is 3.04. The van der Waals surface area contributed by atoms with Gasteiger partial charge in [-0.3, -0.25) is 14.9 Å². The Morgan fingerprint density at radius 1 is 1.17 bits per heavy atom. The summed E-state index contributed by atoms with van der Waals surface area (Å²) in [6.07, 6.45) is 0. The lowest BCUT2D eigenvalue weighted by Crippen LogP contribution is -2.37. The van der Waals surface area contributed by atoms with E-state index in [1.807, 2.05) is 4.90 Å². The van der Waals surface area contributed by atoms with Crippen molar-refractivity contribution in [2.45, 2.75) is 4.90 Å². The van der Waals surface area contributed by atoms with Crippen LogP contribution in [0.25, 0.3) is 0 Å². The van der Waals surface area contributed by atoms with Crippen LogP contribution in [0.2, 0.25) is 0 Å². The Hall–Kier alpha value is -3.02. The van der Waals surface area contributed by atoms with Crippen molar-refractivity contribution >= 4 is 33.0 Å². The van der Waals surface area contributed by atoms with Crippen molar-refractivity contribution in [1.29, 1.82) is 0 Å². The summed E-state index contributed by atoms with van der Waals surface area (Å²) in [6.45, 7) is 2.08. The highest BCUT2D eigenvalue weighted by Crippen LogP contribution is 2.28. The van der Waals surface area contributed by atoms with E-state index in [0.717, 1.165) is 4.31 Å². The second-order valence-electron chi connectivity index (χ2n) is 6.83. The Kier molecular flexibility index (Phi) is 6.34. The first-order chi connectivity index (χ1) is 14.2. The van der Waals surface area contributed by atoms with Crippen molar-refractivity contribution in [2.24, 2.45) is 0 Å². The predicted molar refractivity (Wildman–Crippen MR) is 111 cm³/mol. The number of sulfonamides is 1. The number of benzene rings is 2. The van der Waals surface area contributed by atoms with E-state index in [0.29, 0.717) is 32.0 Å². The molecule has 0 spiro atoms. The van der Waals surface area contributed by atoms with Crippen molar-refractivity contribution in [1.82, 2.24) is 4.31 Å². The first-order valence-electron chi connectivity index (χ1n) is 9.15. The number of anilines is 2. The van der Waals surface area contributed by atoms with Crippen LogP contribution in [0, 0.1) is 10.1 Å². The Morgan fingerprint density at radius 3 is 2.50 bits per heavy atom. The van der Waals surface area contributed by atoms with Crippen LogP contribution in [0.15, 0.2) is 47.4 Å². The number of rotatable bonds is 6. The van der Waals surface area contributed by atoms with Gasteiger partial charge in [0.15, 0.2) is 0 Å². The highest BCUT2D eigenvalue weighted by molar-refractivity contribution is 7.89. The second kappa shape index (κ2) is 8.78. The molecule has 11 heteroatoms. The van der Waals surface area contributed by atoms with E-state index in [2.05, 4.69) is 5.32 Å². The molecule has 0 aromatic heterocycles. The summed E-state index contributed by atoms with van der Waals surface area (Å²) >= 11 is 0. The molecule has 160 valence electrons. The van der Waals surface area contributed by atoms with E-state index >= 15 is 0 Å². The molecule has 2 aromatic rings. The molecule has 1 saturated heterocycles. The Bertz CT molecular complexity index is 1060.